The molecule has 1 N–H and O–H groups in total. The molecule has 0 aliphatic heterocycles. The molecule has 0 aromatic heterocycles. The summed E-state index contributed by atoms with van der Waals surface area (Å²) in [6.07, 6.45) is 4.14. The largest absolute Gasteiger partial charge is 0.444 e. The van der Waals surface area contributed by atoms with Gasteiger partial charge in [-0.1, -0.05) is 13.8 Å². The molecular formula is C16H28N2O2. The Labute approximate surface area is 122 Å². The maximum atomic E-state index is 11.8. The monoisotopic (exact) mass is 280 g/mol. The maximum Gasteiger partial charge on any atom is 0.407 e. The van der Waals surface area contributed by atoms with Crippen LogP contribution >= 0.6 is 0 Å². The van der Waals surface area contributed by atoms with Crippen molar-refractivity contribution in [2.45, 2.75) is 78.4 Å². The lowest BCUT2D eigenvalue weighted by Crippen LogP contribution is -2.44. The first-order valence-corrected chi connectivity index (χ1v) is 7.55. The normalized spacial score (nSPS) is 26.9. The highest BCUT2D eigenvalue weighted by Gasteiger charge is 2.38. The van der Waals surface area contributed by atoms with Gasteiger partial charge >= 0.3 is 6.09 Å². The van der Waals surface area contributed by atoms with Gasteiger partial charge in [-0.25, -0.2) is 4.79 Å². The van der Waals surface area contributed by atoms with Gasteiger partial charge < -0.3 is 10.1 Å². The molecule has 0 spiro atoms. The number of carbonyl (C=O) groups excluding carboxylic acids is 1. The molecule has 114 valence electrons. The van der Waals surface area contributed by atoms with Crippen molar-refractivity contribution in [3.63, 3.8) is 0 Å². The molecule has 1 aliphatic rings. The Bertz CT molecular complexity index is 369. The van der Waals surface area contributed by atoms with Gasteiger partial charge in [-0.15, -0.1) is 0 Å². The van der Waals surface area contributed by atoms with Gasteiger partial charge in [-0.05, 0) is 57.8 Å². The van der Waals surface area contributed by atoms with E-state index in [-0.39, 0.29) is 17.6 Å². The van der Waals surface area contributed by atoms with Gasteiger partial charge in [0, 0.05) is 12.5 Å². The highest BCUT2D eigenvalue weighted by atomic mass is 16.6. The summed E-state index contributed by atoms with van der Waals surface area (Å²) in [6, 6.07) is 2.51. The predicted molar refractivity (Wildman–Crippen MR) is 79.1 cm³/mol. The summed E-state index contributed by atoms with van der Waals surface area (Å²) >= 11 is 0. The molecule has 0 bridgehead atoms. The summed E-state index contributed by atoms with van der Waals surface area (Å²) in [7, 11) is 0. The molecule has 4 nitrogen and oxygen atoms in total. The Morgan fingerprint density at radius 1 is 1.40 bits per heavy atom. The summed E-state index contributed by atoms with van der Waals surface area (Å²) in [4.78, 5) is 11.8. The van der Waals surface area contributed by atoms with E-state index in [0.29, 0.717) is 12.3 Å². The van der Waals surface area contributed by atoms with Crippen LogP contribution in [0.25, 0.3) is 0 Å². The van der Waals surface area contributed by atoms with Crippen molar-refractivity contribution < 1.29 is 9.53 Å². The van der Waals surface area contributed by atoms with Crippen molar-refractivity contribution in [1.29, 1.82) is 5.26 Å². The van der Waals surface area contributed by atoms with E-state index in [1.54, 1.807) is 0 Å². The number of ether oxygens (including phenoxy) is 1. The summed E-state index contributed by atoms with van der Waals surface area (Å²) in [5, 5.41) is 12.0. The van der Waals surface area contributed by atoms with Crippen LogP contribution in [-0.4, -0.2) is 17.7 Å². The van der Waals surface area contributed by atoms with Crippen molar-refractivity contribution in [2.24, 2.45) is 11.3 Å². The van der Waals surface area contributed by atoms with E-state index in [0.717, 1.165) is 25.7 Å². The Morgan fingerprint density at radius 2 is 1.95 bits per heavy atom. The van der Waals surface area contributed by atoms with E-state index in [1.165, 1.54) is 0 Å². The first-order valence-electron chi connectivity index (χ1n) is 7.55. The van der Waals surface area contributed by atoms with Crippen LogP contribution in [0.1, 0.15) is 66.7 Å². The fourth-order valence-corrected chi connectivity index (χ4v) is 2.93. The zero-order valence-electron chi connectivity index (χ0n) is 13.5. The van der Waals surface area contributed by atoms with Crippen LogP contribution in [0.4, 0.5) is 4.79 Å². The van der Waals surface area contributed by atoms with E-state index in [9.17, 15) is 4.79 Å². The van der Waals surface area contributed by atoms with Crippen molar-refractivity contribution in [3.8, 4) is 6.07 Å². The van der Waals surface area contributed by atoms with Crippen molar-refractivity contribution >= 4 is 6.09 Å². The summed E-state index contributed by atoms with van der Waals surface area (Å²) in [5.41, 5.74) is -0.331. The molecule has 0 aromatic rings. The highest BCUT2D eigenvalue weighted by Crippen LogP contribution is 2.45. The zero-order valence-corrected chi connectivity index (χ0v) is 13.5. The van der Waals surface area contributed by atoms with Crippen LogP contribution in [0.2, 0.25) is 0 Å². The molecule has 0 saturated heterocycles. The van der Waals surface area contributed by atoms with Gasteiger partial charge in [0.25, 0.3) is 0 Å². The third kappa shape index (κ3) is 4.70. The van der Waals surface area contributed by atoms with Gasteiger partial charge in [-0.2, -0.15) is 5.26 Å². The topological polar surface area (TPSA) is 62.1 Å². The molecular weight excluding hydrogens is 252 g/mol. The lowest BCUT2D eigenvalue weighted by molar-refractivity contribution is 0.0443. The third-order valence-electron chi connectivity index (χ3n) is 4.36. The number of nitrogens with one attached hydrogen (secondary N) is 1. The third-order valence-corrected chi connectivity index (χ3v) is 4.36. The summed E-state index contributed by atoms with van der Waals surface area (Å²) < 4.78 is 5.28. The molecule has 20 heavy (non-hydrogen) atoms. The molecule has 0 radical (unpaired) electrons. The Morgan fingerprint density at radius 3 is 2.35 bits per heavy atom. The van der Waals surface area contributed by atoms with Crippen LogP contribution < -0.4 is 5.32 Å². The average molecular weight is 280 g/mol. The first-order chi connectivity index (χ1) is 9.18. The Balaban J connectivity index is 2.50. The molecule has 1 aliphatic carbocycles. The second-order valence-corrected chi connectivity index (χ2v) is 7.27. The van der Waals surface area contributed by atoms with Crippen LogP contribution in [-0.2, 0) is 4.74 Å². The van der Waals surface area contributed by atoms with E-state index in [4.69, 9.17) is 10.00 Å². The average Bonchev–Trinajstić information content (AvgIpc) is 2.29. The van der Waals surface area contributed by atoms with Crippen LogP contribution in [0.5, 0.6) is 0 Å². The van der Waals surface area contributed by atoms with Crippen molar-refractivity contribution in [1.82, 2.24) is 5.32 Å². The molecule has 4 heteroatoms. The fraction of sp³-hybridized carbons (Fsp3) is 0.875. The van der Waals surface area contributed by atoms with Crippen LogP contribution in [0, 0.1) is 22.7 Å². The maximum absolute atomic E-state index is 11.8. The number of hydrogen-bond acceptors (Lipinski definition) is 3. The van der Waals surface area contributed by atoms with Crippen LogP contribution in [0.15, 0.2) is 0 Å². The number of nitriles is 1. The second kappa shape index (κ2) is 6.47. The van der Waals surface area contributed by atoms with Gasteiger partial charge in [0.05, 0.1) is 6.07 Å². The minimum absolute atomic E-state index is 0.126. The first kappa shape index (κ1) is 16.8. The number of rotatable bonds is 3. The van der Waals surface area contributed by atoms with E-state index >= 15 is 0 Å². The van der Waals surface area contributed by atoms with Gasteiger partial charge in [0.1, 0.15) is 5.60 Å². The molecule has 1 amide bonds. The molecule has 1 fully saturated rings. The number of hydrogen-bond donors (Lipinski definition) is 1. The van der Waals surface area contributed by atoms with E-state index in [2.05, 4.69) is 25.2 Å². The zero-order chi connectivity index (χ0) is 15.4. The molecule has 1 saturated carbocycles. The highest BCUT2D eigenvalue weighted by molar-refractivity contribution is 5.68. The van der Waals surface area contributed by atoms with Crippen molar-refractivity contribution in [3.05, 3.63) is 0 Å². The lowest BCUT2D eigenvalue weighted by atomic mass is 9.64. The van der Waals surface area contributed by atoms with Crippen molar-refractivity contribution in [2.75, 3.05) is 0 Å². The minimum atomic E-state index is -0.457. The molecule has 0 heterocycles. The van der Waals surface area contributed by atoms with Gasteiger partial charge in [0.2, 0.25) is 0 Å². The quantitative estimate of drug-likeness (QED) is 0.849. The SMILES string of the molecule is CC(C)C1(CC#N)CCC(NC(=O)OC(C)(C)C)CC1. The Hall–Kier alpha value is -1.24. The molecule has 0 atom stereocenters. The Kier molecular flexibility index (Phi) is 5.44. The minimum Gasteiger partial charge on any atom is -0.444 e. The fourth-order valence-electron chi connectivity index (χ4n) is 2.93. The lowest BCUT2D eigenvalue weighted by Gasteiger charge is -2.42. The molecule has 0 unspecified atom stereocenters. The smallest absolute Gasteiger partial charge is 0.407 e. The summed E-state index contributed by atoms with van der Waals surface area (Å²) in [6.45, 7) is 9.98. The number of amides is 1. The van der Waals surface area contributed by atoms with E-state index < -0.39 is 5.60 Å². The molecule has 0 aromatic carbocycles. The van der Waals surface area contributed by atoms with E-state index in [1.807, 2.05) is 20.8 Å². The number of carbonyl (C=O) groups is 1. The number of nitrogens with zero attached hydrogens (tertiary/aromatic N) is 1. The summed E-state index contributed by atoms with van der Waals surface area (Å²) in [5.74, 6) is 0.504. The molecule has 1 rings (SSSR count). The van der Waals surface area contributed by atoms with Gasteiger partial charge in [-0.3, -0.25) is 0 Å². The second-order valence-electron chi connectivity index (χ2n) is 7.27. The number of alkyl carbamates (subject to hydrolysis) is 1. The van der Waals surface area contributed by atoms with Crippen LogP contribution in [0.3, 0.4) is 0 Å². The predicted octanol–water partition coefficient (Wildman–Crippen LogP) is 4.01. The van der Waals surface area contributed by atoms with Gasteiger partial charge in [0.15, 0.2) is 0 Å². The standard InChI is InChI=1S/C16H28N2O2/c1-12(2)16(10-11-17)8-6-13(7-9-16)18-14(19)20-15(3,4)5/h12-13H,6-10H2,1-5H3,(H,18,19).